The lowest BCUT2D eigenvalue weighted by Gasteiger charge is -2.11. The summed E-state index contributed by atoms with van der Waals surface area (Å²) in [6.45, 7) is 0. The molecule has 25 heavy (non-hydrogen) atoms. The molecule has 126 valence electrons. The molecule has 1 aliphatic rings. The van der Waals surface area contributed by atoms with Gasteiger partial charge in [0.25, 0.3) is 5.91 Å². The summed E-state index contributed by atoms with van der Waals surface area (Å²) in [6, 6.07) is 9.58. The molecule has 0 bridgehead atoms. The Morgan fingerprint density at radius 2 is 2.28 bits per heavy atom. The lowest BCUT2D eigenvalue weighted by Crippen LogP contribution is -2.30. The first-order valence-electron chi connectivity index (χ1n) is 7.74. The second-order valence-electron chi connectivity index (χ2n) is 5.52. The molecular formula is C18H16N4O2S. The maximum absolute atomic E-state index is 12.3. The van der Waals surface area contributed by atoms with E-state index in [4.69, 9.17) is 4.74 Å². The van der Waals surface area contributed by atoms with Crippen molar-refractivity contribution in [3.8, 4) is 5.75 Å². The summed E-state index contributed by atoms with van der Waals surface area (Å²) >= 11 is 1.45. The minimum Gasteiger partial charge on any atom is -0.497 e. The number of ether oxygens (including phenoxy) is 1. The van der Waals surface area contributed by atoms with Gasteiger partial charge in [-0.25, -0.2) is 0 Å². The van der Waals surface area contributed by atoms with Crippen molar-refractivity contribution in [2.75, 3.05) is 12.4 Å². The van der Waals surface area contributed by atoms with Gasteiger partial charge in [-0.3, -0.25) is 9.78 Å². The van der Waals surface area contributed by atoms with Crippen molar-refractivity contribution in [3.63, 3.8) is 0 Å². The second-order valence-corrected chi connectivity index (χ2v) is 6.67. The number of fused-ring (bicyclic) bond motifs is 1. The highest BCUT2D eigenvalue weighted by atomic mass is 32.2. The number of rotatable bonds is 4. The van der Waals surface area contributed by atoms with Crippen LogP contribution in [0, 0.1) is 0 Å². The summed E-state index contributed by atoms with van der Waals surface area (Å²) < 4.78 is 5.29. The number of H-pyrrole nitrogens is 1. The van der Waals surface area contributed by atoms with Crippen LogP contribution in [0.2, 0.25) is 0 Å². The van der Waals surface area contributed by atoms with E-state index in [0.717, 1.165) is 27.9 Å². The van der Waals surface area contributed by atoms with Crippen LogP contribution >= 0.6 is 11.8 Å². The van der Waals surface area contributed by atoms with Crippen LogP contribution in [0.25, 0.3) is 17.0 Å². The molecule has 6 nitrogen and oxygen atoms in total. The van der Waals surface area contributed by atoms with Crippen molar-refractivity contribution in [2.45, 2.75) is 5.50 Å². The zero-order chi connectivity index (χ0) is 17.2. The standard InChI is InChI=1S/C18H16N4O2S/c1-24-13-4-5-15-14(8-13)11(9-20-15)7-16-17(23)22-18(25-16)21-12-3-2-6-19-10-12/h2-10,18,20-21H,1H3,(H,22,23)/b16-7-/t18-/m1/s1. The number of carbonyl (C=O) groups is 1. The van der Waals surface area contributed by atoms with Crippen LogP contribution in [0.3, 0.4) is 0 Å². The third-order valence-electron chi connectivity index (χ3n) is 3.90. The van der Waals surface area contributed by atoms with Gasteiger partial charge in [0.15, 0.2) is 5.50 Å². The summed E-state index contributed by atoms with van der Waals surface area (Å²) in [5.41, 5.74) is 2.59. The quantitative estimate of drug-likeness (QED) is 0.629. The number of amides is 1. The molecule has 3 N–H and O–H groups in total. The van der Waals surface area contributed by atoms with Gasteiger partial charge in [0.2, 0.25) is 0 Å². The Balaban J connectivity index is 1.58. The van der Waals surface area contributed by atoms with Crippen LogP contribution in [-0.2, 0) is 4.79 Å². The number of carbonyl (C=O) groups excluding carboxylic acids is 1. The van der Waals surface area contributed by atoms with Crippen molar-refractivity contribution < 1.29 is 9.53 Å². The second kappa shape index (κ2) is 6.52. The van der Waals surface area contributed by atoms with Crippen LogP contribution in [0.1, 0.15) is 5.56 Å². The van der Waals surface area contributed by atoms with Gasteiger partial charge >= 0.3 is 0 Å². The smallest absolute Gasteiger partial charge is 0.260 e. The minimum absolute atomic E-state index is 0.0939. The minimum atomic E-state index is -0.220. The molecule has 1 atom stereocenters. The average Bonchev–Trinajstić information content (AvgIpc) is 3.19. The molecule has 0 unspecified atom stereocenters. The molecule has 1 amide bonds. The van der Waals surface area contributed by atoms with E-state index in [2.05, 4.69) is 20.6 Å². The number of hydrogen-bond acceptors (Lipinski definition) is 5. The summed E-state index contributed by atoms with van der Waals surface area (Å²) in [5, 5.41) is 7.17. The first-order chi connectivity index (χ1) is 12.2. The van der Waals surface area contributed by atoms with E-state index in [9.17, 15) is 4.79 Å². The van der Waals surface area contributed by atoms with E-state index >= 15 is 0 Å². The van der Waals surface area contributed by atoms with E-state index < -0.39 is 0 Å². The van der Waals surface area contributed by atoms with Gasteiger partial charge in [-0.2, -0.15) is 0 Å². The molecule has 7 heteroatoms. The Morgan fingerprint density at radius 1 is 1.36 bits per heavy atom. The van der Waals surface area contributed by atoms with E-state index in [0.29, 0.717) is 4.91 Å². The van der Waals surface area contributed by atoms with E-state index in [1.54, 1.807) is 19.5 Å². The Bertz CT molecular complexity index is 952. The Kier molecular flexibility index (Phi) is 4.07. The zero-order valence-corrected chi connectivity index (χ0v) is 14.3. The molecule has 0 aliphatic carbocycles. The topological polar surface area (TPSA) is 79.0 Å². The largest absolute Gasteiger partial charge is 0.497 e. The van der Waals surface area contributed by atoms with Gasteiger partial charge in [-0.15, -0.1) is 0 Å². The third kappa shape index (κ3) is 3.18. The van der Waals surface area contributed by atoms with E-state index in [1.807, 2.05) is 42.6 Å². The van der Waals surface area contributed by atoms with Crippen LogP contribution in [0.4, 0.5) is 5.69 Å². The summed E-state index contributed by atoms with van der Waals surface area (Å²) in [4.78, 5) is 20.2. The van der Waals surface area contributed by atoms with Gasteiger partial charge in [0.1, 0.15) is 5.75 Å². The van der Waals surface area contributed by atoms with Crippen LogP contribution in [-0.4, -0.2) is 28.5 Å². The Labute approximate surface area is 148 Å². The normalized spacial score (nSPS) is 18.5. The van der Waals surface area contributed by atoms with Gasteiger partial charge in [0, 0.05) is 28.9 Å². The third-order valence-corrected chi connectivity index (χ3v) is 4.93. The number of anilines is 1. The van der Waals surface area contributed by atoms with Gasteiger partial charge in [-0.1, -0.05) is 11.8 Å². The number of hydrogen-bond donors (Lipinski definition) is 3. The lowest BCUT2D eigenvalue weighted by atomic mass is 10.1. The molecule has 0 spiro atoms. The molecular weight excluding hydrogens is 336 g/mol. The molecule has 1 aromatic carbocycles. The summed E-state index contributed by atoms with van der Waals surface area (Å²) in [7, 11) is 1.64. The highest BCUT2D eigenvalue weighted by Gasteiger charge is 2.27. The molecule has 3 aromatic rings. The number of aromatic amines is 1. The van der Waals surface area contributed by atoms with Crippen LogP contribution in [0.5, 0.6) is 5.75 Å². The molecule has 3 heterocycles. The fourth-order valence-corrected chi connectivity index (χ4v) is 3.65. The van der Waals surface area contributed by atoms with Gasteiger partial charge in [0.05, 0.1) is 23.9 Å². The van der Waals surface area contributed by atoms with E-state index in [-0.39, 0.29) is 11.4 Å². The molecule has 0 saturated carbocycles. The molecule has 2 aromatic heterocycles. The SMILES string of the molecule is COc1ccc2[nH]cc(/C=C3\S[C@H](Nc4cccnc4)NC3=O)c2c1. The van der Waals surface area contributed by atoms with Crippen molar-refractivity contribution in [1.29, 1.82) is 0 Å². The molecule has 1 fully saturated rings. The Morgan fingerprint density at radius 3 is 3.08 bits per heavy atom. The molecule has 0 radical (unpaired) electrons. The first kappa shape index (κ1) is 15.6. The highest BCUT2D eigenvalue weighted by Crippen LogP contribution is 2.32. The zero-order valence-electron chi connectivity index (χ0n) is 13.4. The summed E-state index contributed by atoms with van der Waals surface area (Å²) in [6.07, 6.45) is 7.22. The molecule has 1 aliphatic heterocycles. The average molecular weight is 352 g/mol. The summed E-state index contributed by atoms with van der Waals surface area (Å²) in [5.74, 6) is 0.690. The number of benzene rings is 1. The monoisotopic (exact) mass is 352 g/mol. The number of nitrogens with one attached hydrogen (secondary N) is 3. The fourth-order valence-electron chi connectivity index (χ4n) is 2.67. The van der Waals surface area contributed by atoms with Crippen molar-refractivity contribution in [1.82, 2.24) is 15.3 Å². The molecule has 1 saturated heterocycles. The van der Waals surface area contributed by atoms with Crippen molar-refractivity contribution >= 4 is 40.3 Å². The van der Waals surface area contributed by atoms with Gasteiger partial charge in [-0.05, 0) is 36.4 Å². The first-order valence-corrected chi connectivity index (χ1v) is 8.62. The van der Waals surface area contributed by atoms with Crippen LogP contribution < -0.4 is 15.4 Å². The van der Waals surface area contributed by atoms with Crippen LogP contribution in [0.15, 0.2) is 53.8 Å². The maximum atomic E-state index is 12.3. The van der Waals surface area contributed by atoms with Gasteiger partial charge < -0.3 is 20.4 Å². The predicted octanol–water partition coefficient (Wildman–Crippen LogP) is 3.17. The van der Waals surface area contributed by atoms with E-state index in [1.165, 1.54) is 11.8 Å². The Hall–Kier alpha value is -2.93. The number of nitrogens with zero attached hydrogens (tertiary/aromatic N) is 1. The fraction of sp³-hybridized carbons (Fsp3) is 0.111. The van der Waals surface area contributed by atoms with Crippen molar-refractivity contribution in [2.24, 2.45) is 0 Å². The number of pyridine rings is 1. The lowest BCUT2D eigenvalue weighted by molar-refractivity contribution is -0.116. The number of aromatic nitrogens is 2. The highest BCUT2D eigenvalue weighted by molar-refractivity contribution is 8.05. The number of methoxy groups -OCH3 is 1. The molecule has 4 rings (SSSR count). The predicted molar refractivity (Wildman–Crippen MR) is 100 cm³/mol. The maximum Gasteiger partial charge on any atom is 0.260 e. The van der Waals surface area contributed by atoms with Crippen molar-refractivity contribution in [3.05, 3.63) is 59.4 Å². The number of thioether (sulfide) groups is 1.